The highest BCUT2D eigenvalue weighted by Gasteiger charge is 2.11. The van der Waals surface area contributed by atoms with Gasteiger partial charge in [-0.05, 0) is 24.3 Å². The van der Waals surface area contributed by atoms with Gasteiger partial charge in [0.15, 0.2) is 5.16 Å². The van der Waals surface area contributed by atoms with Crippen molar-refractivity contribution in [3.63, 3.8) is 0 Å². The van der Waals surface area contributed by atoms with Gasteiger partial charge in [-0.1, -0.05) is 30.0 Å². The Morgan fingerprint density at radius 3 is 2.84 bits per heavy atom. The predicted molar refractivity (Wildman–Crippen MR) is 100 cm³/mol. The number of aryl methyl sites for hydroxylation is 1. The van der Waals surface area contributed by atoms with Gasteiger partial charge in [-0.15, -0.1) is 0 Å². The lowest BCUT2D eigenvalue weighted by molar-refractivity contribution is 0.414. The molecule has 0 aliphatic rings. The minimum Gasteiger partial charge on any atom is -0.497 e. The van der Waals surface area contributed by atoms with Crippen molar-refractivity contribution in [3.8, 4) is 11.4 Å². The first-order valence-corrected chi connectivity index (χ1v) is 8.96. The normalized spacial score (nSPS) is 11.1. The number of rotatable bonds is 5. The SMILES string of the molecule is COc1cccc(-n2ccnc2SCc2nc3ccccc3n2C)c1. The first kappa shape index (κ1) is 15.8. The third kappa shape index (κ3) is 3.00. The molecule has 0 atom stereocenters. The summed E-state index contributed by atoms with van der Waals surface area (Å²) in [5, 5.41) is 0.931. The summed E-state index contributed by atoms with van der Waals surface area (Å²) in [5.74, 6) is 2.62. The number of nitrogens with zero attached hydrogens (tertiary/aromatic N) is 4. The predicted octanol–water partition coefficient (Wildman–Crippen LogP) is 4.06. The number of fused-ring (bicyclic) bond motifs is 1. The summed E-state index contributed by atoms with van der Waals surface area (Å²) in [6.07, 6.45) is 3.78. The van der Waals surface area contributed by atoms with Crippen LogP contribution in [-0.4, -0.2) is 26.2 Å². The van der Waals surface area contributed by atoms with Crippen molar-refractivity contribution in [3.05, 3.63) is 66.7 Å². The molecule has 0 saturated carbocycles. The van der Waals surface area contributed by atoms with Crippen LogP contribution < -0.4 is 4.74 Å². The quantitative estimate of drug-likeness (QED) is 0.509. The molecular formula is C19H18N4OS. The molecule has 0 aliphatic heterocycles. The number of benzene rings is 2. The fourth-order valence-electron chi connectivity index (χ4n) is 2.81. The zero-order valence-corrected chi connectivity index (χ0v) is 14.9. The second kappa shape index (κ2) is 6.64. The smallest absolute Gasteiger partial charge is 0.173 e. The van der Waals surface area contributed by atoms with E-state index in [1.165, 1.54) is 0 Å². The number of ether oxygens (including phenoxy) is 1. The molecule has 0 radical (unpaired) electrons. The molecule has 25 heavy (non-hydrogen) atoms. The van der Waals surface area contributed by atoms with Gasteiger partial charge in [-0.3, -0.25) is 4.57 Å². The Hall–Kier alpha value is -2.73. The van der Waals surface area contributed by atoms with Gasteiger partial charge in [0.2, 0.25) is 0 Å². The lowest BCUT2D eigenvalue weighted by atomic mass is 10.3. The molecule has 6 heteroatoms. The van der Waals surface area contributed by atoms with Gasteiger partial charge in [-0.25, -0.2) is 9.97 Å². The number of para-hydroxylation sites is 2. The van der Waals surface area contributed by atoms with Crippen molar-refractivity contribution in [2.75, 3.05) is 7.11 Å². The number of hydrogen-bond donors (Lipinski definition) is 0. The van der Waals surface area contributed by atoms with Gasteiger partial charge in [0.1, 0.15) is 11.6 Å². The number of hydrogen-bond acceptors (Lipinski definition) is 4. The molecule has 0 fully saturated rings. The summed E-state index contributed by atoms with van der Waals surface area (Å²) in [6.45, 7) is 0. The fraction of sp³-hybridized carbons (Fsp3) is 0.158. The molecule has 0 amide bonds. The van der Waals surface area contributed by atoms with Crippen LogP contribution in [0.25, 0.3) is 16.7 Å². The highest BCUT2D eigenvalue weighted by atomic mass is 32.2. The van der Waals surface area contributed by atoms with E-state index in [0.717, 1.165) is 39.2 Å². The summed E-state index contributed by atoms with van der Waals surface area (Å²) in [5.41, 5.74) is 3.20. The Kier molecular flexibility index (Phi) is 4.19. The van der Waals surface area contributed by atoms with E-state index >= 15 is 0 Å². The minimum absolute atomic E-state index is 0.756. The van der Waals surface area contributed by atoms with Crippen molar-refractivity contribution in [1.82, 2.24) is 19.1 Å². The van der Waals surface area contributed by atoms with Crippen molar-refractivity contribution in [2.45, 2.75) is 10.9 Å². The fourth-order valence-corrected chi connectivity index (χ4v) is 3.76. The molecule has 4 rings (SSSR count). The Balaban J connectivity index is 1.59. The highest BCUT2D eigenvalue weighted by molar-refractivity contribution is 7.98. The number of thioether (sulfide) groups is 1. The third-order valence-corrected chi connectivity index (χ3v) is 5.11. The molecule has 0 aliphatic carbocycles. The van der Waals surface area contributed by atoms with E-state index < -0.39 is 0 Å². The molecule has 5 nitrogen and oxygen atoms in total. The van der Waals surface area contributed by atoms with E-state index in [0.29, 0.717) is 0 Å². The van der Waals surface area contributed by atoms with E-state index in [-0.39, 0.29) is 0 Å². The van der Waals surface area contributed by atoms with Crippen LogP contribution in [0.2, 0.25) is 0 Å². The Labute approximate surface area is 150 Å². The van der Waals surface area contributed by atoms with Crippen LogP contribution in [0.15, 0.2) is 66.1 Å². The maximum atomic E-state index is 5.32. The molecule has 2 aromatic carbocycles. The van der Waals surface area contributed by atoms with E-state index in [4.69, 9.17) is 9.72 Å². The molecule has 0 bridgehead atoms. The monoisotopic (exact) mass is 350 g/mol. The Bertz CT molecular complexity index is 1020. The zero-order chi connectivity index (χ0) is 17.2. The number of methoxy groups -OCH3 is 1. The average Bonchev–Trinajstić information content (AvgIpc) is 3.25. The number of aromatic nitrogens is 4. The summed E-state index contributed by atoms with van der Waals surface area (Å²) >= 11 is 1.67. The molecule has 0 spiro atoms. The van der Waals surface area contributed by atoms with Crippen molar-refractivity contribution in [2.24, 2.45) is 7.05 Å². The van der Waals surface area contributed by atoms with E-state index in [2.05, 4.69) is 27.2 Å². The summed E-state index contributed by atoms with van der Waals surface area (Å²) in [6, 6.07) is 16.2. The maximum absolute atomic E-state index is 5.32. The molecular weight excluding hydrogens is 332 g/mol. The standard InChI is InChI=1S/C19H18N4OS/c1-22-17-9-4-3-8-16(17)21-18(22)13-25-19-20-10-11-23(19)14-6-5-7-15(12-14)24-2/h3-12H,13H2,1-2H3. The van der Waals surface area contributed by atoms with Gasteiger partial charge in [0.25, 0.3) is 0 Å². The molecule has 2 heterocycles. The van der Waals surface area contributed by atoms with Crippen molar-refractivity contribution in [1.29, 1.82) is 0 Å². The summed E-state index contributed by atoms with van der Waals surface area (Å²) in [7, 11) is 3.73. The van der Waals surface area contributed by atoms with E-state index in [1.807, 2.05) is 54.9 Å². The summed E-state index contributed by atoms with van der Waals surface area (Å²) < 4.78 is 9.52. The van der Waals surface area contributed by atoms with E-state index in [1.54, 1.807) is 18.9 Å². The molecule has 0 N–H and O–H groups in total. The lowest BCUT2D eigenvalue weighted by Crippen LogP contribution is -1.99. The van der Waals surface area contributed by atoms with Gasteiger partial charge in [-0.2, -0.15) is 0 Å². The van der Waals surface area contributed by atoms with Crippen LogP contribution in [-0.2, 0) is 12.8 Å². The molecule has 0 saturated heterocycles. The van der Waals surface area contributed by atoms with Crippen LogP contribution >= 0.6 is 11.8 Å². The topological polar surface area (TPSA) is 44.9 Å². The van der Waals surface area contributed by atoms with Gasteiger partial charge < -0.3 is 9.30 Å². The van der Waals surface area contributed by atoms with Crippen molar-refractivity contribution >= 4 is 22.8 Å². The van der Waals surface area contributed by atoms with E-state index in [9.17, 15) is 0 Å². The Morgan fingerprint density at radius 1 is 1.12 bits per heavy atom. The first-order chi connectivity index (χ1) is 12.3. The van der Waals surface area contributed by atoms with Crippen LogP contribution in [0.3, 0.4) is 0 Å². The average molecular weight is 350 g/mol. The highest BCUT2D eigenvalue weighted by Crippen LogP contribution is 2.26. The van der Waals surface area contributed by atoms with Gasteiger partial charge >= 0.3 is 0 Å². The third-order valence-electron chi connectivity index (χ3n) is 4.15. The second-order valence-corrected chi connectivity index (χ2v) is 6.59. The summed E-state index contributed by atoms with van der Waals surface area (Å²) in [4.78, 5) is 9.22. The Morgan fingerprint density at radius 2 is 2.00 bits per heavy atom. The van der Waals surface area contributed by atoms with Gasteiger partial charge in [0.05, 0.1) is 29.6 Å². The molecule has 0 unspecified atom stereocenters. The van der Waals surface area contributed by atoms with Crippen LogP contribution in [0.4, 0.5) is 0 Å². The zero-order valence-electron chi connectivity index (χ0n) is 14.1. The maximum Gasteiger partial charge on any atom is 0.173 e. The van der Waals surface area contributed by atoms with Crippen LogP contribution in [0, 0.1) is 0 Å². The van der Waals surface area contributed by atoms with Gasteiger partial charge in [0, 0.05) is 25.5 Å². The molecule has 2 aromatic heterocycles. The largest absolute Gasteiger partial charge is 0.497 e. The molecule has 126 valence electrons. The van der Waals surface area contributed by atoms with Crippen LogP contribution in [0.5, 0.6) is 5.75 Å². The molecule has 4 aromatic rings. The lowest BCUT2D eigenvalue weighted by Gasteiger charge is -2.09. The first-order valence-electron chi connectivity index (χ1n) is 7.97. The second-order valence-electron chi connectivity index (χ2n) is 5.65. The minimum atomic E-state index is 0.756. The van der Waals surface area contributed by atoms with Crippen LogP contribution in [0.1, 0.15) is 5.82 Å². The number of imidazole rings is 2. The van der Waals surface area contributed by atoms with Crippen molar-refractivity contribution < 1.29 is 4.74 Å².